The molecule has 0 spiro atoms. The highest BCUT2D eigenvalue weighted by molar-refractivity contribution is 6.35. The van der Waals surface area contributed by atoms with Gasteiger partial charge in [-0.1, -0.05) is 11.6 Å². The molecule has 0 radical (unpaired) electrons. The summed E-state index contributed by atoms with van der Waals surface area (Å²) < 4.78 is 14.4. The summed E-state index contributed by atoms with van der Waals surface area (Å²) in [7, 11) is 1.59. The van der Waals surface area contributed by atoms with Gasteiger partial charge < -0.3 is 9.67 Å². The summed E-state index contributed by atoms with van der Waals surface area (Å²) in [6.45, 7) is 0. The molecule has 1 N–H and O–H groups in total. The molecular formula is C10H7ClFNO2. The molecule has 0 unspecified atom stereocenters. The van der Waals surface area contributed by atoms with Gasteiger partial charge in [-0.3, -0.25) is 0 Å². The lowest BCUT2D eigenvalue weighted by Gasteiger charge is -1.96. The third-order valence-corrected chi connectivity index (χ3v) is 2.75. The molecule has 0 aliphatic carbocycles. The van der Waals surface area contributed by atoms with Gasteiger partial charge >= 0.3 is 5.97 Å². The van der Waals surface area contributed by atoms with Crippen LogP contribution in [0.2, 0.25) is 5.15 Å². The van der Waals surface area contributed by atoms with Crippen LogP contribution >= 0.6 is 11.6 Å². The van der Waals surface area contributed by atoms with Crippen LogP contribution < -0.4 is 0 Å². The van der Waals surface area contributed by atoms with E-state index in [1.54, 1.807) is 7.05 Å². The molecule has 0 aliphatic rings. The molecule has 78 valence electrons. The average molecular weight is 228 g/mol. The molecule has 1 aromatic carbocycles. The summed E-state index contributed by atoms with van der Waals surface area (Å²) in [6, 6.07) is 3.89. The Labute approximate surface area is 89.7 Å². The molecule has 3 nitrogen and oxygen atoms in total. The summed E-state index contributed by atoms with van der Waals surface area (Å²) in [4.78, 5) is 10.9. The molecular weight excluding hydrogens is 221 g/mol. The average Bonchev–Trinajstić information content (AvgIpc) is 2.41. The van der Waals surface area contributed by atoms with E-state index >= 15 is 0 Å². The van der Waals surface area contributed by atoms with E-state index < -0.39 is 11.8 Å². The second-order valence-electron chi connectivity index (χ2n) is 3.19. The number of aromatic nitrogens is 1. The Morgan fingerprint density at radius 1 is 1.53 bits per heavy atom. The predicted molar refractivity (Wildman–Crippen MR) is 54.8 cm³/mol. The second-order valence-corrected chi connectivity index (χ2v) is 3.55. The van der Waals surface area contributed by atoms with Crippen LogP contribution in [0.15, 0.2) is 18.2 Å². The Morgan fingerprint density at radius 3 is 2.80 bits per heavy atom. The molecule has 5 heteroatoms. The SMILES string of the molecule is Cn1c(Cl)c(C(=O)O)c2ccc(F)cc21. The maximum atomic E-state index is 13.0. The van der Waals surface area contributed by atoms with Crippen molar-refractivity contribution in [2.45, 2.75) is 0 Å². The molecule has 1 heterocycles. The van der Waals surface area contributed by atoms with Gasteiger partial charge in [-0.05, 0) is 18.2 Å². The van der Waals surface area contributed by atoms with Crippen molar-refractivity contribution in [1.82, 2.24) is 4.57 Å². The first-order valence-corrected chi connectivity index (χ1v) is 4.57. The number of rotatable bonds is 1. The summed E-state index contributed by atoms with van der Waals surface area (Å²) >= 11 is 5.84. The van der Waals surface area contributed by atoms with Gasteiger partial charge in [0.25, 0.3) is 0 Å². The first-order valence-electron chi connectivity index (χ1n) is 4.19. The Bertz CT molecular complexity index is 562. The van der Waals surface area contributed by atoms with Crippen molar-refractivity contribution in [3.05, 3.63) is 34.7 Å². The quantitative estimate of drug-likeness (QED) is 0.814. The lowest BCUT2D eigenvalue weighted by Crippen LogP contribution is -1.96. The third-order valence-electron chi connectivity index (χ3n) is 2.31. The molecule has 0 atom stereocenters. The first-order chi connectivity index (χ1) is 7.02. The van der Waals surface area contributed by atoms with Gasteiger partial charge in [0.1, 0.15) is 16.5 Å². The van der Waals surface area contributed by atoms with E-state index in [0.29, 0.717) is 10.9 Å². The minimum Gasteiger partial charge on any atom is -0.478 e. The number of carboxylic acid groups (broad SMARTS) is 1. The highest BCUT2D eigenvalue weighted by atomic mass is 35.5. The van der Waals surface area contributed by atoms with Crippen molar-refractivity contribution in [2.24, 2.45) is 7.05 Å². The summed E-state index contributed by atoms with van der Waals surface area (Å²) in [5.41, 5.74) is 0.478. The van der Waals surface area contributed by atoms with Gasteiger partial charge in [0.2, 0.25) is 0 Å². The highest BCUT2D eigenvalue weighted by Gasteiger charge is 2.19. The Kier molecular flexibility index (Phi) is 2.16. The van der Waals surface area contributed by atoms with E-state index in [-0.39, 0.29) is 10.7 Å². The predicted octanol–water partition coefficient (Wildman–Crippen LogP) is 2.67. The zero-order valence-electron chi connectivity index (χ0n) is 7.79. The van der Waals surface area contributed by atoms with Crippen molar-refractivity contribution in [2.75, 3.05) is 0 Å². The number of hydrogen-bond donors (Lipinski definition) is 1. The van der Waals surface area contributed by atoms with Gasteiger partial charge in [-0.25, -0.2) is 9.18 Å². The van der Waals surface area contributed by atoms with Gasteiger partial charge in [-0.2, -0.15) is 0 Å². The second kappa shape index (κ2) is 3.24. The molecule has 0 aliphatic heterocycles. The van der Waals surface area contributed by atoms with Crippen LogP contribution in [0.25, 0.3) is 10.9 Å². The zero-order valence-corrected chi connectivity index (χ0v) is 8.55. The van der Waals surface area contributed by atoms with Crippen LogP contribution in [-0.2, 0) is 7.05 Å². The Hall–Kier alpha value is -1.55. The third kappa shape index (κ3) is 1.37. The van der Waals surface area contributed by atoms with E-state index in [0.717, 1.165) is 0 Å². The van der Waals surface area contributed by atoms with Crippen LogP contribution in [0, 0.1) is 5.82 Å². The monoisotopic (exact) mass is 227 g/mol. The van der Waals surface area contributed by atoms with E-state index in [4.69, 9.17) is 16.7 Å². The maximum Gasteiger partial charge on any atom is 0.339 e. The highest BCUT2D eigenvalue weighted by Crippen LogP contribution is 2.29. The van der Waals surface area contributed by atoms with Crippen molar-refractivity contribution in [3.63, 3.8) is 0 Å². The smallest absolute Gasteiger partial charge is 0.339 e. The lowest BCUT2D eigenvalue weighted by atomic mass is 10.2. The van der Waals surface area contributed by atoms with Crippen LogP contribution in [0.4, 0.5) is 4.39 Å². The molecule has 0 amide bonds. The number of fused-ring (bicyclic) bond motifs is 1. The largest absolute Gasteiger partial charge is 0.478 e. The van der Waals surface area contributed by atoms with E-state index in [1.807, 2.05) is 0 Å². The van der Waals surface area contributed by atoms with E-state index in [2.05, 4.69) is 0 Å². The van der Waals surface area contributed by atoms with Crippen LogP contribution in [-0.4, -0.2) is 15.6 Å². The van der Waals surface area contributed by atoms with Gasteiger partial charge in [0, 0.05) is 12.4 Å². The lowest BCUT2D eigenvalue weighted by molar-refractivity contribution is 0.0699. The normalized spacial score (nSPS) is 10.9. The first kappa shape index (κ1) is 9.98. The van der Waals surface area contributed by atoms with Crippen molar-refractivity contribution in [1.29, 1.82) is 0 Å². The standard InChI is InChI=1S/C10H7ClFNO2/c1-13-7-4-5(12)2-3-6(7)8(9(13)11)10(14)15/h2-4H,1H3,(H,14,15). The van der Waals surface area contributed by atoms with Crippen molar-refractivity contribution >= 4 is 28.5 Å². The molecule has 0 saturated heterocycles. The topological polar surface area (TPSA) is 42.2 Å². The summed E-state index contributed by atoms with van der Waals surface area (Å²) in [6.07, 6.45) is 0. The number of aromatic carboxylic acids is 1. The minimum absolute atomic E-state index is 0.00849. The maximum absolute atomic E-state index is 13.0. The summed E-state index contributed by atoms with van der Waals surface area (Å²) in [5, 5.41) is 9.50. The fourth-order valence-corrected chi connectivity index (χ4v) is 1.86. The zero-order chi connectivity index (χ0) is 11.2. The Balaban J connectivity index is 2.93. The number of hydrogen-bond acceptors (Lipinski definition) is 1. The van der Waals surface area contributed by atoms with Crippen molar-refractivity contribution in [3.8, 4) is 0 Å². The number of carbonyl (C=O) groups is 1. The fraction of sp³-hybridized carbons (Fsp3) is 0.100. The number of halogens is 2. The molecule has 1 aromatic heterocycles. The molecule has 15 heavy (non-hydrogen) atoms. The van der Waals surface area contributed by atoms with Gasteiger partial charge in [0.15, 0.2) is 0 Å². The minimum atomic E-state index is -1.11. The molecule has 0 fully saturated rings. The molecule has 0 saturated carbocycles. The molecule has 2 rings (SSSR count). The van der Waals surface area contributed by atoms with E-state index in [9.17, 15) is 9.18 Å². The fourth-order valence-electron chi connectivity index (χ4n) is 1.58. The molecule has 0 bridgehead atoms. The number of benzene rings is 1. The van der Waals surface area contributed by atoms with Crippen molar-refractivity contribution < 1.29 is 14.3 Å². The number of carboxylic acids is 1. The van der Waals surface area contributed by atoms with Crippen LogP contribution in [0.1, 0.15) is 10.4 Å². The van der Waals surface area contributed by atoms with Gasteiger partial charge in [-0.15, -0.1) is 0 Å². The van der Waals surface area contributed by atoms with Gasteiger partial charge in [0.05, 0.1) is 5.52 Å². The van der Waals surface area contributed by atoms with E-state index in [1.165, 1.54) is 22.8 Å². The van der Waals surface area contributed by atoms with Crippen LogP contribution in [0.5, 0.6) is 0 Å². The number of nitrogens with zero attached hydrogens (tertiary/aromatic N) is 1. The Morgan fingerprint density at radius 2 is 2.20 bits per heavy atom. The molecule has 2 aromatic rings. The number of aryl methyl sites for hydroxylation is 1. The van der Waals surface area contributed by atoms with Crippen LogP contribution in [0.3, 0.4) is 0 Å². The summed E-state index contributed by atoms with van der Waals surface area (Å²) in [5.74, 6) is -1.53.